The van der Waals surface area contributed by atoms with E-state index < -0.39 is 36.5 Å². The van der Waals surface area contributed by atoms with Crippen molar-refractivity contribution in [3.63, 3.8) is 0 Å². The molecule has 4 heterocycles. The van der Waals surface area contributed by atoms with Crippen molar-refractivity contribution in [1.82, 2.24) is 25.8 Å². The summed E-state index contributed by atoms with van der Waals surface area (Å²) in [7, 11) is 0. The Labute approximate surface area is 241 Å². The van der Waals surface area contributed by atoms with Crippen LogP contribution < -0.4 is 27.4 Å². The second-order valence-electron chi connectivity index (χ2n) is 13.9. The third-order valence-electron chi connectivity index (χ3n) is 11.5. The SMILES string of the molecule is N#CC1CN(C(=O)C2CCN(C3C(F)CNCC3NC(=O)C(C(N)N)C3CC45CCC[C@@]4(CC(F)CN3)C5)CC2)C1. The zero-order chi connectivity index (χ0) is 28.9. The Balaban J connectivity index is 1.10. The van der Waals surface area contributed by atoms with Crippen LogP contribution in [0, 0.1) is 39.9 Å². The number of halogens is 2. The standard InChI is InChI=1S/C29H46F2N8O2/c30-19-8-28-4-1-5-29(28,16-28)9-21(36-11-19)23(25(33)34)26(40)37-22-13-35-12-20(31)24(22)38-6-2-18(3-7-38)27(41)39-14-17(10-32)15-39/h17-25,35-36H,1-9,11-16,33-34H2,(H,37,40)/t19?,20?,21?,22?,23?,24?,28-,29?/m1/s1. The minimum absolute atomic E-state index is 0.0624. The van der Waals surface area contributed by atoms with Gasteiger partial charge in [-0.3, -0.25) is 14.5 Å². The first-order chi connectivity index (χ1) is 19.6. The highest BCUT2D eigenvalue weighted by Gasteiger charge is 2.70. The van der Waals surface area contributed by atoms with Gasteiger partial charge in [0.05, 0.1) is 36.2 Å². The van der Waals surface area contributed by atoms with Crippen LogP contribution in [0.15, 0.2) is 0 Å². The van der Waals surface area contributed by atoms with E-state index in [1.165, 1.54) is 0 Å². The number of nitriles is 1. The largest absolute Gasteiger partial charge is 0.350 e. The molecule has 0 aromatic rings. The summed E-state index contributed by atoms with van der Waals surface area (Å²) < 4.78 is 30.4. The lowest BCUT2D eigenvalue weighted by Gasteiger charge is -2.46. The summed E-state index contributed by atoms with van der Waals surface area (Å²) >= 11 is 0. The molecule has 8 atom stereocenters. The first kappa shape index (κ1) is 29.2. The van der Waals surface area contributed by atoms with E-state index >= 15 is 4.39 Å². The van der Waals surface area contributed by atoms with Gasteiger partial charge >= 0.3 is 0 Å². The molecule has 0 aromatic carbocycles. The Hall–Kier alpha value is -1.91. The molecule has 41 heavy (non-hydrogen) atoms. The van der Waals surface area contributed by atoms with Crippen molar-refractivity contribution in [3.8, 4) is 6.07 Å². The molecule has 0 spiro atoms. The van der Waals surface area contributed by atoms with E-state index in [0.717, 1.165) is 32.1 Å². The van der Waals surface area contributed by atoms with Crippen molar-refractivity contribution in [2.45, 2.75) is 88.0 Å². The molecule has 12 heteroatoms. The summed E-state index contributed by atoms with van der Waals surface area (Å²) in [5.74, 6) is -1.17. The van der Waals surface area contributed by atoms with Crippen LogP contribution in [-0.2, 0) is 9.59 Å². The van der Waals surface area contributed by atoms with Crippen LogP contribution in [0.4, 0.5) is 8.78 Å². The third kappa shape index (κ3) is 5.37. The van der Waals surface area contributed by atoms with Crippen LogP contribution in [0.2, 0.25) is 0 Å². The molecule has 7 N–H and O–H groups in total. The molecule has 10 nitrogen and oxygen atoms in total. The molecule has 0 radical (unpaired) electrons. The molecule has 2 amide bonds. The number of nitrogens with two attached hydrogens (primary N) is 2. The number of alkyl halides is 2. The van der Waals surface area contributed by atoms with Gasteiger partial charge in [0.1, 0.15) is 12.3 Å². The Morgan fingerprint density at radius 1 is 1.05 bits per heavy atom. The predicted molar refractivity (Wildman–Crippen MR) is 148 cm³/mol. The molecule has 7 unspecified atom stereocenters. The molecule has 228 valence electrons. The number of piperidine rings is 2. The van der Waals surface area contributed by atoms with E-state index in [2.05, 4.69) is 26.9 Å². The van der Waals surface area contributed by atoms with E-state index in [4.69, 9.17) is 16.7 Å². The molecular formula is C29H46F2N8O2. The predicted octanol–water partition coefficient (Wildman–Crippen LogP) is -0.0147. The maximum absolute atomic E-state index is 15.5. The lowest BCUT2D eigenvalue weighted by molar-refractivity contribution is -0.142. The van der Waals surface area contributed by atoms with Gasteiger partial charge in [0.15, 0.2) is 0 Å². The van der Waals surface area contributed by atoms with Crippen molar-refractivity contribution < 1.29 is 18.4 Å². The Kier molecular flexibility index (Phi) is 8.04. The number of nitrogens with one attached hydrogen (secondary N) is 3. The van der Waals surface area contributed by atoms with Crippen LogP contribution in [0.25, 0.3) is 0 Å². The fourth-order valence-electron chi connectivity index (χ4n) is 9.22. The molecule has 0 bridgehead atoms. The number of amides is 2. The fourth-order valence-corrected chi connectivity index (χ4v) is 9.22. The summed E-state index contributed by atoms with van der Waals surface area (Å²) in [6, 6.07) is 0.849. The van der Waals surface area contributed by atoms with E-state index in [1.807, 2.05) is 0 Å². The first-order valence-corrected chi connectivity index (χ1v) is 15.6. The highest BCUT2D eigenvalue weighted by atomic mass is 19.1. The van der Waals surface area contributed by atoms with E-state index in [9.17, 15) is 14.0 Å². The van der Waals surface area contributed by atoms with Crippen molar-refractivity contribution in [1.29, 1.82) is 5.26 Å². The molecule has 0 aromatic heterocycles. The number of nitrogens with zero attached hydrogens (tertiary/aromatic N) is 3. The van der Waals surface area contributed by atoms with Gasteiger partial charge in [-0.15, -0.1) is 0 Å². The maximum Gasteiger partial charge on any atom is 0.227 e. The second kappa shape index (κ2) is 11.3. The molecule has 2 aliphatic carbocycles. The summed E-state index contributed by atoms with van der Waals surface area (Å²) in [6.07, 6.45) is 3.74. The Morgan fingerprint density at radius 3 is 2.44 bits per heavy atom. The van der Waals surface area contributed by atoms with Gasteiger partial charge in [-0.1, -0.05) is 6.42 Å². The van der Waals surface area contributed by atoms with Crippen molar-refractivity contribution in [2.75, 3.05) is 45.8 Å². The van der Waals surface area contributed by atoms with Crippen LogP contribution in [0.5, 0.6) is 0 Å². The second-order valence-corrected chi connectivity index (χ2v) is 13.9. The lowest BCUT2D eigenvalue weighted by Crippen LogP contribution is -2.68. The van der Waals surface area contributed by atoms with E-state index in [-0.39, 0.29) is 53.6 Å². The van der Waals surface area contributed by atoms with E-state index in [0.29, 0.717) is 52.0 Å². The normalized spacial score (nSPS) is 40.9. The fraction of sp³-hybridized carbons (Fsp3) is 0.897. The van der Waals surface area contributed by atoms with Crippen LogP contribution >= 0.6 is 0 Å². The molecule has 2 saturated carbocycles. The number of carbonyl (C=O) groups excluding carboxylic acids is 2. The van der Waals surface area contributed by atoms with Crippen molar-refractivity contribution in [2.24, 2.45) is 40.1 Å². The summed E-state index contributed by atoms with van der Waals surface area (Å²) in [5, 5.41) is 18.5. The molecule has 6 rings (SSSR count). The molecule has 4 saturated heterocycles. The van der Waals surface area contributed by atoms with Crippen LogP contribution in [0.3, 0.4) is 0 Å². The van der Waals surface area contributed by atoms with Crippen molar-refractivity contribution in [3.05, 3.63) is 0 Å². The first-order valence-electron chi connectivity index (χ1n) is 15.6. The quantitative estimate of drug-likeness (QED) is 0.277. The number of hydrogen-bond acceptors (Lipinski definition) is 8. The number of hydrogen-bond donors (Lipinski definition) is 5. The van der Waals surface area contributed by atoms with E-state index in [1.54, 1.807) is 4.90 Å². The van der Waals surface area contributed by atoms with Gasteiger partial charge in [-0.25, -0.2) is 8.78 Å². The minimum atomic E-state index is -1.19. The average molecular weight is 577 g/mol. The number of likely N-dealkylation sites (tertiary alicyclic amines) is 2. The molecule has 4 aliphatic heterocycles. The smallest absolute Gasteiger partial charge is 0.227 e. The zero-order valence-electron chi connectivity index (χ0n) is 23.9. The van der Waals surface area contributed by atoms with Gasteiger partial charge in [0.25, 0.3) is 0 Å². The highest BCUT2D eigenvalue weighted by molar-refractivity contribution is 5.81. The summed E-state index contributed by atoms with van der Waals surface area (Å²) in [4.78, 5) is 30.5. The molecule has 6 fully saturated rings. The highest BCUT2D eigenvalue weighted by Crippen LogP contribution is 2.77. The van der Waals surface area contributed by atoms with Gasteiger partial charge in [-0.2, -0.15) is 5.26 Å². The van der Waals surface area contributed by atoms with Gasteiger partial charge < -0.3 is 32.3 Å². The summed E-state index contributed by atoms with van der Waals surface area (Å²) in [5.41, 5.74) is 12.6. The third-order valence-corrected chi connectivity index (χ3v) is 11.5. The molecular weight excluding hydrogens is 530 g/mol. The Bertz CT molecular complexity index is 1040. The van der Waals surface area contributed by atoms with Gasteiger partial charge in [0, 0.05) is 44.7 Å². The monoisotopic (exact) mass is 576 g/mol. The van der Waals surface area contributed by atoms with Crippen LogP contribution in [0.1, 0.15) is 51.4 Å². The number of carbonyl (C=O) groups is 2. The summed E-state index contributed by atoms with van der Waals surface area (Å²) in [6.45, 7) is 2.93. The van der Waals surface area contributed by atoms with Crippen LogP contribution in [-0.4, -0.2) is 104 Å². The lowest BCUT2D eigenvalue weighted by atomic mass is 9.80. The average Bonchev–Trinajstić information content (AvgIpc) is 3.35. The minimum Gasteiger partial charge on any atom is -0.350 e. The topological polar surface area (TPSA) is 153 Å². The molecule has 6 aliphatic rings. The van der Waals surface area contributed by atoms with Gasteiger partial charge in [-0.05, 0) is 68.9 Å². The zero-order valence-corrected chi connectivity index (χ0v) is 23.9. The maximum atomic E-state index is 15.5. The van der Waals surface area contributed by atoms with Gasteiger partial charge in [0.2, 0.25) is 11.8 Å². The van der Waals surface area contributed by atoms with Crippen molar-refractivity contribution >= 4 is 11.8 Å². The Morgan fingerprint density at radius 2 is 1.76 bits per heavy atom. The number of rotatable bonds is 6.